The molecule has 0 bridgehead atoms. The largest absolute Gasteiger partial charge is 0.442 e. The van der Waals surface area contributed by atoms with Crippen LogP contribution in [-0.4, -0.2) is 63.7 Å². The summed E-state index contributed by atoms with van der Waals surface area (Å²) in [4.78, 5) is 20.0. The van der Waals surface area contributed by atoms with Gasteiger partial charge in [-0.05, 0) is 12.2 Å². The van der Waals surface area contributed by atoms with E-state index in [0.29, 0.717) is 37.9 Å². The monoisotopic (exact) mass is 401 g/mol. The van der Waals surface area contributed by atoms with E-state index < -0.39 is 23.8 Å². The molecule has 0 aliphatic carbocycles. The molecule has 0 aromatic heterocycles. The van der Waals surface area contributed by atoms with Gasteiger partial charge in [0.2, 0.25) is 0 Å². The van der Waals surface area contributed by atoms with Gasteiger partial charge in [-0.2, -0.15) is 0 Å². The van der Waals surface area contributed by atoms with Gasteiger partial charge in [0.05, 0.1) is 25.4 Å². The topological polar surface area (TPSA) is 78.1 Å². The summed E-state index contributed by atoms with van der Waals surface area (Å²) in [6, 6.07) is 2.29. The van der Waals surface area contributed by atoms with E-state index in [-0.39, 0.29) is 17.9 Å². The number of carbonyl (C=O) groups excluding carboxylic acids is 1. The average molecular weight is 401 g/mol. The minimum Gasteiger partial charge on any atom is -0.442 e. The molecule has 148 valence electrons. The minimum absolute atomic E-state index is 0.113. The second kappa shape index (κ2) is 8.63. The third-order valence-electron chi connectivity index (χ3n) is 4.27. The Morgan fingerprint density at radius 3 is 2.81 bits per heavy atom. The van der Waals surface area contributed by atoms with Gasteiger partial charge in [-0.15, -0.1) is 0 Å². The number of thiocarbonyl (C=S) groups is 1. The first kappa shape index (κ1) is 19.5. The summed E-state index contributed by atoms with van der Waals surface area (Å²) >= 11 is 4.97. The lowest BCUT2D eigenvalue weighted by atomic mass is 10.2. The van der Waals surface area contributed by atoms with E-state index in [1.807, 2.05) is 0 Å². The van der Waals surface area contributed by atoms with Crippen LogP contribution in [0.1, 0.15) is 0 Å². The molecule has 3 rings (SSSR count). The van der Waals surface area contributed by atoms with Crippen molar-refractivity contribution in [3.8, 4) is 0 Å². The number of hydroxylamine groups is 1. The van der Waals surface area contributed by atoms with Crippen LogP contribution in [0.3, 0.4) is 0 Å². The van der Waals surface area contributed by atoms with Crippen LogP contribution < -0.4 is 25.9 Å². The molecule has 0 unspecified atom stereocenters. The highest BCUT2D eigenvalue weighted by Crippen LogP contribution is 2.31. The fraction of sp³-hybridized carbons (Fsp3) is 0.500. The maximum Gasteiger partial charge on any atom is 0.414 e. The van der Waals surface area contributed by atoms with Gasteiger partial charge in [0.15, 0.2) is 16.7 Å². The lowest BCUT2D eigenvalue weighted by molar-refractivity contribution is 0.0589. The Kier molecular flexibility index (Phi) is 6.24. The molecule has 0 saturated carbocycles. The highest BCUT2D eigenvalue weighted by molar-refractivity contribution is 7.80. The molecule has 2 fully saturated rings. The first-order valence-corrected chi connectivity index (χ1v) is 8.92. The zero-order valence-corrected chi connectivity index (χ0v) is 15.6. The molecule has 11 heteroatoms. The zero-order valence-electron chi connectivity index (χ0n) is 14.8. The zero-order chi connectivity index (χ0) is 19.4. The Morgan fingerprint density at radius 2 is 2.11 bits per heavy atom. The lowest BCUT2D eigenvalue weighted by Crippen LogP contribution is -2.39. The normalized spacial score (nSPS) is 20.3. The number of ether oxygens (including phenoxy) is 1. The fourth-order valence-electron chi connectivity index (χ4n) is 2.96. The van der Waals surface area contributed by atoms with Crippen LogP contribution in [0.5, 0.6) is 0 Å². The second-order valence-electron chi connectivity index (χ2n) is 6.06. The number of halogens is 2. The molecule has 3 N–H and O–H groups in total. The number of anilines is 2. The molecule has 1 atom stereocenters. The van der Waals surface area contributed by atoms with E-state index in [4.69, 9.17) is 21.8 Å². The third-order valence-corrected chi connectivity index (χ3v) is 4.62. The van der Waals surface area contributed by atoms with Crippen molar-refractivity contribution in [1.29, 1.82) is 0 Å². The predicted octanol–water partition coefficient (Wildman–Crippen LogP) is 0.725. The number of hydrogen-bond acceptors (Lipinski definition) is 6. The molecule has 1 aromatic carbocycles. The van der Waals surface area contributed by atoms with Gasteiger partial charge in [-0.3, -0.25) is 9.74 Å². The van der Waals surface area contributed by atoms with Crippen LogP contribution in [0.25, 0.3) is 0 Å². The van der Waals surface area contributed by atoms with Gasteiger partial charge in [-0.1, -0.05) is 0 Å². The van der Waals surface area contributed by atoms with Crippen molar-refractivity contribution in [2.24, 2.45) is 0 Å². The Bertz CT molecular complexity index is 692. The molecule has 2 aliphatic heterocycles. The van der Waals surface area contributed by atoms with Crippen LogP contribution >= 0.6 is 12.2 Å². The first-order chi connectivity index (χ1) is 13.0. The predicted molar refractivity (Wildman–Crippen MR) is 99.8 cm³/mol. The van der Waals surface area contributed by atoms with E-state index >= 15 is 0 Å². The van der Waals surface area contributed by atoms with Crippen LogP contribution in [0.2, 0.25) is 0 Å². The third kappa shape index (κ3) is 4.54. The standard InChI is InChI=1S/C16H21F2N5O3S/c1-19-15(27)20-8-11-9-23(16(24)26-11)10-6-12(17)14(13(18)7-10)22-3-2-21-25-5-4-22/h6-7,11,21H,2-5,8-9H2,1H3,(H2,19,20,27)/t11-/m0/s1. The Labute approximate surface area is 160 Å². The molecular weight excluding hydrogens is 380 g/mol. The molecule has 2 saturated heterocycles. The number of hydrogen-bond donors (Lipinski definition) is 3. The average Bonchev–Trinajstić information content (AvgIpc) is 2.82. The fourth-order valence-corrected chi connectivity index (χ4v) is 3.04. The summed E-state index contributed by atoms with van der Waals surface area (Å²) in [5, 5.41) is 6.06. The number of nitrogens with zero attached hydrogens (tertiary/aromatic N) is 2. The molecule has 0 radical (unpaired) electrons. The maximum atomic E-state index is 14.6. The SMILES string of the molecule is CNC(=S)NC[C@H]1CN(c2cc(F)c(N3CCNOCC3)c(F)c2)C(=O)O1. The summed E-state index contributed by atoms with van der Waals surface area (Å²) in [5.74, 6) is -1.48. The van der Waals surface area contributed by atoms with Gasteiger partial charge in [0.1, 0.15) is 11.8 Å². The lowest BCUT2D eigenvalue weighted by Gasteiger charge is -2.24. The van der Waals surface area contributed by atoms with Crippen LogP contribution in [0.15, 0.2) is 12.1 Å². The number of amides is 1. The van der Waals surface area contributed by atoms with Gasteiger partial charge < -0.3 is 20.3 Å². The minimum atomic E-state index is -0.738. The van der Waals surface area contributed by atoms with E-state index in [1.54, 1.807) is 11.9 Å². The highest BCUT2D eigenvalue weighted by atomic mass is 32.1. The Hall–Kier alpha value is -2.24. The van der Waals surface area contributed by atoms with Crippen molar-refractivity contribution in [2.75, 3.05) is 56.2 Å². The summed E-state index contributed by atoms with van der Waals surface area (Å²) in [7, 11) is 1.67. The number of cyclic esters (lactones) is 1. The highest BCUT2D eigenvalue weighted by Gasteiger charge is 2.33. The van der Waals surface area contributed by atoms with Crippen molar-refractivity contribution in [2.45, 2.75) is 6.10 Å². The van der Waals surface area contributed by atoms with Gasteiger partial charge in [-0.25, -0.2) is 19.1 Å². The van der Waals surface area contributed by atoms with Crippen molar-refractivity contribution in [3.63, 3.8) is 0 Å². The van der Waals surface area contributed by atoms with Crippen molar-refractivity contribution in [3.05, 3.63) is 23.8 Å². The molecule has 2 aliphatic rings. The van der Waals surface area contributed by atoms with E-state index in [0.717, 1.165) is 12.1 Å². The van der Waals surface area contributed by atoms with E-state index in [9.17, 15) is 13.6 Å². The van der Waals surface area contributed by atoms with E-state index in [2.05, 4.69) is 16.1 Å². The van der Waals surface area contributed by atoms with Crippen molar-refractivity contribution in [1.82, 2.24) is 16.1 Å². The molecule has 8 nitrogen and oxygen atoms in total. The number of benzene rings is 1. The molecule has 0 spiro atoms. The van der Waals surface area contributed by atoms with Gasteiger partial charge >= 0.3 is 6.09 Å². The molecule has 2 heterocycles. The Balaban J connectivity index is 1.73. The van der Waals surface area contributed by atoms with E-state index in [1.165, 1.54) is 4.90 Å². The summed E-state index contributed by atoms with van der Waals surface area (Å²) in [6.45, 7) is 1.97. The van der Waals surface area contributed by atoms with Crippen LogP contribution in [0, 0.1) is 11.6 Å². The molecule has 27 heavy (non-hydrogen) atoms. The summed E-state index contributed by atoms with van der Waals surface area (Å²) in [5.41, 5.74) is 2.69. The van der Waals surface area contributed by atoms with Crippen molar-refractivity contribution >= 4 is 34.8 Å². The van der Waals surface area contributed by atoms with Crippen LogP contribution in [0.4, 0.5) is 25.0 Å². The van der Waals surface area contributed by atoms with Gasteiger partial charge in [0.25, 0.3) is 0 Å². The number of rotatable bonds is 4. The first-order valence-electron chi connectivity index (χ1n) is 8.52. The van der Waals surface area contributed by atoms with Crippen LogP contribution in [-0.2, 0) is 9.57 Å². The van der Waals surface area contributed by atoms with Gasteiger partial charge in [0, 0.05) is 38.8 Å². The number of carbonyl (C=O) groups is 1. The number of nitrogens with one attached hydrogen (secondary N) is 3. The molecular formula is C16H21F2N5O3S. The Morgan fingerprint density at radius 1 is 1.37 bits per heavy atom. The second-order valence-corrected chi connectivity index (χ2v) is 6.47. The summed E-state index contributed by atoms with van der Waals surface area (Å²) < 4.78 is 34.5. The quantitative estimate of drug-likeness (QED) is 0.638. The summed E-state index contributed by atoms with van der Waals surface area (Å²) in [6.07, 6.45) is -1.14. The van der Waals surface area contributed by atoms with Crippen molar-refractivity contribution < 1.29 is 23.1 Å². The maximum absolute atomic E-state index is 14.6. The molecule has 1 amide bonds. The molecule has 1 aromatic rings. The smallest absolute Gasteiger partial charge is 0.414 e.